The summed E-state index contributed by atoms with van der Waals surface area (Å²) in [4.78, 5) is 12.2. The van der Waals surface area contributed by atoms with E-state index in [2.05, 4.69) is 25.7 Å². The van der Waals surface area contributed by atoms with Crippen molar-refractivity contribution < 1.29 is 14.3 Å². The van der Waals surface area contributed by atoms with E-state index in [4.69, 9.17) is 9.47 Å². The average Bonchev–Trinajstić information content (AvgIpc) is 2.93. The highest BCUT2D eigenvalue weighted by molar-refractivity contribution is 6.13. The Morgan fingerprint density at radius 2 is 1.84 bits per heavy atom. The number of carbonyl (C=O) groups is 1. The third kappa shape index (κ3) is 2.61. The molecule has 104 valence electrons. The summed E-state index contributed by atoms with van der Waals surface area (Å²) in [6.45, 7) is 5.22. The molecule has 1 heterocycles. The fourth-order valence-electron chi connectivity index (χ4n) is 2.42. The van der Waals surface area contributed by atoms with Crippen LogP contribution < -0.4 is 0 Å². The van der Waals surface area contributed by atoms with Gasteiger partial charge in [0.05, 0.1) is 18.8 Å². The monoisotopic (exact) mass is 262 g/mol. The third-order valence-corrected chi connectivity index (χ3v) is 3.55. The first kappa shape index (κ1) is 14.3. The van der Waals surface area contributed by atoms with Crippen molar-refractivity contribution in [2.24, 2.45) is 0 Å². The smallest absolute Gasteiger partial charge is 0.269 e. The fraction of sp³-hybridized carbons (Fsp3) is 0.688. The molecule has 0 atom stereocenters. The number of Topliss-reactive ketones (excluding diaryl/α,β-unsaturated/α-hetero) is 1. The van der Waals surface area contributed by atoms with Gasteiger partial charge in [-0.25, -0.2) is 0 Å². The Labute approximate surface area is 115 Å². The van der Waals surface area contributed by atoms with E-state index in [9.17, 15) is 4.79 Å². The molecule has 19 heavy (non-hydrogen) atoms. The Morgan fingerprint density at radius 3 is 2.47 bits per heavy atom. The zero-order chi connectivity index (χ0) is 13.7. The van der Waals surface area contributed by atoms with Crippen LogP contribution >= 0.6 is 0 Å². The van der Waals surface area contributed by atoms with Crippen LogP contribution in [0.15, 0.2) is 11.1 Å². The predicted octanol–water partition coefficient (Wildman–Crippen LogP) is 2.99. The SMILES string of the molecule is CCCCC#CC1=C(CCCC)C(=O)C12OCCO2. The van der Waals surface area contributed by atoms with Crippen molar-refractivity contribution in [2.75, 3.05) is 13.2 Å². The highest BCUT2D eigenvalue weighted by atomic mass is 16.7. The number of ketones is 1. The summed E-state index contributed by atoms with van der Waals surface area (Å²) in [5, 5.41) is 0. The summed E-state index contributed by atoms with van der Waals surface area (Å²) in [6.07, 6.45) is 5.97. The van der Waals surface area contributed by atoms with Gasteiger partial charge in [0, 0.05) is 12.0 Å². The van der Waals surface area contributed by atoms with E-state index in [1.54, 1.807) is 0 Å². The Hall–Kier alpha value is -1.11. The van der Waals surface area contributed by atoms with Gasteiger partial charge in [0.2, 0.25) is 5.78 Å². The molecule has 2 rings (SSSR count). The minimum absolute atomic E-state index is 0.00163. The molecular formula is C16H22O3. The number of ether oxygens (including phenoxy) is 2. The van der Waals surface area contributed by atoms with Crippen molar-refractivity contribution >= 4 is 5.78 Å². The van der Waals surface area contributed by atoms with Crippen LogP contribution in [-0.4, -0.2) is 24.8 Å². The largest absolute Gasteiger partial charge is 0.337 e. The quantitative estimate of drug-likeness (QED) is 0.564. The molecule has 0 radical (unpaired) electrons. The van der Waals surface area contributed by atoms with Crippen LogP contribution in [0.3, 0.4) is 0 Å². The predicted molar refractivity (Wildman–Crippen MR) is 73.5 cm³/mol. The van der Waals surface area contributed by atoms with Gasteiger partial charge in [0.15, 0.2) is 0 Å². The highest BCUT2D eigenvalue weighted by Crippen LogP contribution is 2.43. The molecule has 2 aliphatic rings. The minimum Gasteiger partial charge on any atom is -0.337 e. The van der Waals surface area contributed by atoms with E-state index in [1.807, 2.05) is 0 Å². The summed E-state index contributed by atoms with van der Waals surface area (Å²) in [5.41, 5.74) is 1.62. The normalized spacial score (nSPS) is 20.4. The van der Waals surface area contributed by atoms with E-state index in [0.29, 0.717) is 13.2 Å². The van der Waals surface area contributed by atoms with Gasteiger partial charge in [-0.05, 0) is 19.3 Å². The van der Waals surface area contributed by atoms with Crippen molar-refractivity contribution in [3.05, 3.63) is 11.1 Å². The Bertz CT molecular complexity index is 431. The van der Waals surface area contributed by atoms with E-state index in [1.165, 1.54) is 0 Å². The van der Waals surface area contributed by atoms with Crippen molar-refractivity contribution in [3.8, 4) is 11.8 Å². The maximum absolute atomic E-state index is 12.2. The van der Waals surface area contributed by atoms with Crippen LogP contribution in [0.2, 0.25) is 0 Å². The summed E-state index contributed by atoms with van der Waals surface area (Å²) in [5.74, 6) is 5.16. The first-order chi connectivity index (χ1) is 9.26. The lowest BCUT2D eigenvalue weighted by Crippen LogP contribution is -2.51. The van der Waals surface area contributed by atoms with Crippen LogP contribution in [0.4, 0.5) is 0 Å². The Balaban J connectivity index is 2.16. The summed E-state index contributed by atoms with van der Waals surface area (Å²) >= 11 is 0. The number of unbranched alkanes of at least 4 members (excludes halogenated alkanes) is 3. The fourth-order valence-corrected chi connectivity index (χ4v) is 2.42. The van der Waals surface area contributed by atoms with E-state index < -0.39 is 5.79 Å². The summed E-state index contributed by atoms with van der Waals surface area (Å²) < 4.78 is 11.1. The van der Waals surface area contributed by atoms with Crippen molar-refractivity contribution in [2.45, 2.75) is 58.2 Å². The molecule has 1 aliphatic heterocycles. The molecule has 0 aromatic rings. The molecule has 3 heteroatoms. The molecule has 0 amide bonds. The van der Waals surface area contributed by atoms with Crippen LogP contribution in [-0.2, 0) is 14.3 Å². The van der Waals surface area contributed by atoms with E-state index >= 15 is 0 Å². The molecule has 0 aromatic carbocycles. The zero-order valence-corrected chi connectivity index (χ0v) is 11.9. The molecule has 0 aromatic heterocycles. The third-order valence-electron chi connectivity index (χ3n) is 3.55. The Morgan fingerprint density at radius 1 is 1.16 bits per heavy atom. The molecular weight excluding hydrogens is 240 g/mol. The second-order valence-corrected chi connectivity index (χ2v) is 5.01. The lowest BCUT2D eigenvalue weighted by atomic mass is 9.78. The molecule has 1 spiro atoms. The summed E-state index contributed by atoms with van der Waals surface area (Å²) in [6, 6.07) is 0. The minimum atomic E-state index is -1.12. The molecule has 0 unspecified atom stereocenters. The van der Waals surface area contributed by atoms with Gasteiger partial charge in [-0.3, -0.25) is 4.79 Å². The molecule has 0 saturated carbocycles. The lowest BCUT2D eigenvalue weighted by Gasteiger charge is -2.36. The zero-order valence-electron chi connectivity index (χ0n) is 11.9. The maximum Gasteiger partial charge on any atom is 0.269 e. The molecule has 1 aliphatic carbocycles. The maximum atomic E-state index is 12.2. The van der Waals surface area contributed by atoms with Gasteiger partial charge in [-0.15, -0.1) is 0 Å². The van der Waals surface area contributed by atoms with Gasteiger partial charge in [0.25, 0.3) is 5.79 Å². The number of carbonyl (C=O) groups excluding carboxylic acids is 1. The van der Waals surface area contributed by atoms with E-state index in [-0.39, 0.29) is 5.78 Å². The van der Waals surface area contributed by atoms with E-state index in [0.717, 1.165) is 49.7 Å². The van der Waals surface area contributed by atoms with Gasteiger partial charge in [-0.1, -0.05) is 38.5 Å². The first-order valence-corrected chi connectivity index (χ1v) is 7.31. The van der Waals surface area contributed by atoms with Crippen LogP contribution in [0, 0.1) is 11.8 Å². The second-order valence-electron chi connectivity index (χ2n) is 5.01. The van der Waals surface area contributed by atoms with Gasteiger partial charge in [-0.2, -0.15) is 0 Å². The van der Waals surface area contributed by atoms with Crippen molar-refractivity contribution in [1.82, 2.24) is 0 Å². The number of hydrogen-bond donors (Lipinski definition) is 0. The lowest BCUT2D eigenvalue weighted by molar-refractivity contribution is -0.170. The van der Waals surface area contributed by atoms with Crippen LogP contribution in [0.25, 0.3) is 0 Å². The number of hydrogen-bond acceptors (Lipinski definition) is 3. The standard InChI is InChI=1S/C16H22O3/c1-3-5-7-8-10-14-13(9-6-4-2)15(17)16(14)18-11-12-19-16/h3-7,9,11-12H2,1-2H3. The first-order valence-electron chi connectivity index (χ1n) is 7.31. The summed E-state index contributed by atoms with van der Waals surface area (Å²) in [7, 11) is 0. The molecule has 1 fully saturated rings. The van der Waals surface area contributed by atoms with Gasteiger partial charge in [0.1, 0.15) is 0 Å². The molecule has 3 nitrogen and oxygen atoms in total. The number of rotatable bonds is 5. The van der Waals surface area contributed by atoms with Crippen LogP contribution in [0.5, 0.6) is 0 Å². The van der Waals surface area contributed by atoms with Crippen LogP contribution in [0.1, 0.15) is 52.4 Å². The highest BCUT2D eigenvalue weighted by Gasteiger charge is 2.57. The van der Waals surface area contributed by atoms with Crippen molar-refractivity contribution in [1.29, 1.82) is 0 Å². The average molecular weight is 262 g/mol. The molecule has 0 bridgehead atoms. The Kier molecular flexibility index (Phi) is 4.79. The second kappa shape index (κ2) is 6.36. The topological polar surface area (TPSA) is 35.5 Å². The van der Waals surface area contributed by atoms with Gasteiger partial charge < -0.3 is 9.47 Å². The van der Waals surface area contributed by atoms with Crippen molar-refractivity contribution in [3.63, 3.8) is 0 Å². The van der Waals surface area contributed by atoms with Gasteiger partial charge >= 0.3 is 0 Å². The molecule has 0 N–H and O–H groups in total. The molecule has 1 saturated heterocycles.